The van der Waals surface area contributed by atoms with Crippen molar-refractivity contribution in [3.63, 3.8) is 0 Å². The van der Waals surface area contributed by atoms with Crippen LogP contribution in [-0.2, 0) is 9.53 Å². The number of carbonyl (C=O) groups is 1. The summed E-state index contributed by atoms with van der Waals surface area (Å²) in [5.41, 5.74) is -3.18. The van der Waals surface area contributed by atoms with E-state index < -0.39 is 63.9 Å². The molecule has 27 heavy (non-hydrogen) atoms. The van der Waals surface area contributed by atoms with Crippen LogP contribution in [0.4, 0.5) is 0 Å². The minimum absolute atomic E-state index is 0.00839. The zero-order valence-corrected chi connectivity index (χ0v) is 15.5. The molecule has 5 N–H and O–H groups in total. The smallest absolute Gasteiger partial charge is 0.208 e. The highest BCUT2D eigenvalue weighted by Gasteiger charge is 2.87. The predicted molar refractivity (Wildman–Crippen MR) is 92.1 cm³/mol. The summed E-state index contributed by atoms with van der Waals surface area (Å²) in [6.45, 7) is 5.50. The number of aliphatic hydroxyl groups is 5. The van der Waals surface area contributed by atoms with Gasteiger partial charge in [0.1, 0.15) is 11.5 Å². The van der Waals surface area contributed by atoms with Gasteiger partial charge in [-0.05, 0) is 42.6 Å². The summed E-state index contributed by atoms with van der Waals surface area (Å²) in [5, 5.41) is 55.3. The average molecular weight is 380 g/mol. The molecule has 2 spiro atoms. The Kier molecular flexibility index (Phi) is 3.38. The van der Waals surface area contributed by atoms with Crippen LogP contribution >= 0.6 is 0 Å². The quantitative estimate of drug-likeness (QED) is 0.383. The third kappa shape index (κ3) is 1.56. The van der Waals surface area contributed by atoms with Crippen molar-refractivity contribution in [1.29, 1.82) is 0 Å². The lowest BCUT2D eigenvalue weighted by atomic mass is 9.35. The van der Waals surface area contributed by atoms with E-state index in [2.05, 4.69) is 6.58 Å². The Balaban J connectivity index is 1.80. The number of ether oxygens (including phenoxy) is 1. The van der Waals surface area contributed by atoms with E-state index in [0.29, 0.717) is 25.7 Å². The van der Waals surface area contributed by atoms with E-state index >= 15 is 0 Å². The summed E-state index contributed by atoms with van der Waals surface area (Å²) in [4.78, 5) is 13.4. The molecule has 0 unspecified atom stereocenters. The first-order valence-electron chi connectivity index (χ1n) is 9.88. The Hall–Kier alpha value is -0.830. The first-order chi connectivity index (χ1) is 12.6. The fourth-order valence-corrected chi connectivity index (χ4v) is 7.91. The van der Waals surface area contributed by atoms with Crippen LogP contribution in [0.2, 0.25) is 0 Å². The number of hydrogen-bond donors (Lipinski definition) is 5. The molecule has 7 nitrogen and oxygen atoms in total. The lowest BCUT2D eigenvalue weighted by Gasteiger charge is -2.74. The van der Waals surface area contributed by atoms with Gasteiger partial charge in [0.15, 0.2) is 5.78 Å². The van der Waals surface area contributed by atoms with Crippen LogP contribution in [0.3, 0.4) is 0 Å². The number of Topliss-reactive ketones (excluding diaryl/α,β-unsaturated/α-hetero) is 1. The molecule has 6 fully saturated rings. The van der Waals surface area contributed by atoms with Crippen molar-refractivity contribution in [2.75, 3.05) is 13.2 Å². The fourth-order valence-electron chi connectivity index (χ4n) is 7.91. The van der Waals surface area contributed by atoms with Crippen molar-refractivity contribution < 1.29 is 35.1 Å². The van der Waals surface area contributed by atoms with Gasteiger partial charge in [-0.25, -0.2) is 0 Å². The second-order valence-electron chi connectivity index (χ2n) is 9.79. The van der Waals surface area contributed by atoms with E-state index in [1.54, 1.807) is 0 Å². The lowest BCUT2D eigenvalue weighted by Crippen LogP contribution is -2.86. The summed E-state index contributed by atoms with van der Waals surface area (Å²) < 4.78 is 5.77. The summed E-state index contributed by atoms with van der Waals surface area (Å²) in [6.07, 6.45) is -1.59. The molecular formula is C20H28O7. The van der Waals surface area contributed by atoms with Crippen LogP contribution in [0.15, 0.2) is 12.2 Å². The van der Waals surface area contributed by atoms with Gasteiger partial charge in [0, 0.05) is 23.9 Å². The standard InChI is InChI=1S/C20H28O7/c1-9-10-3-4-11-18-8-27-20(26,19(11,14(9)23)15(10)24)16(25)13(18)17(2,7-21)6-5-12(18)22/h10-13,15-16,21-22,24-26H,1,3-8H2,2H3/t10-,11-,12+,13+,15+,16-,17-,18+,19-,20-/m0/s1. The Bertz CT molecular complexity index is 738. The highest BCUT2D eigenvalue weighted by Crippen LogP contribution is 2.76. The lowest BCUT2D eigenvalue weighted by molar-refractivity contribution is -0.459. The number of ketones is 1. The number of rotatable bonds is 1. The molecule has 6 aliphatic rings. The fraction of sp³-hybridized carbons (Fsp3) is 0.850. The molecule has 0 radical (unpaired) electrons. The van der Waals surface area contributed by atoms with Gasteiger partial charge in [-0.1, -0.05) is 13.5 Å². The summed E-state index contributed by atoms with van der Waals surface area (Å²) in [6, 6.07) is 0. The first kappa shape index (κ1) is 18.2. The molecule has 150 valence electrons. The highest BCUT2D eigenvalue weighted by atomic mass is 16.6. The van der Waals surface area contributed by atoms with E-state index in [1.807, 2.05) is 6.92 Å². The van der Waals surface area contributed by atoms with Crippen LogP contribution in [0, 0.1) is 34.0 Å². The van der Waals surface area contributed by atoms with Crippen molar-refractivity contribution in [3.05, 3.63) is 12.2 Å². The molecule has 0 aromatic rings. The van der Waals surface area contributed by atoms with Crippen LogP contribution in [-0.4, -0.2) is 68.6 Å². The topological polar surface area (TPSA) is 127 Å². The van der Waals surface area contributed by atoms with Gasteiger partial charge < -0.3 is 30.3 Å². The van der Waals surface area contributed by atoms with Gasteiger partial charge in [0.25, 0.3) is 0 Å². The van der Waals surface area contributed by atoms with Gasteiger partial charge in [-0.15, -0.1) is 0 Å². The summed E-state index contributed by atoms with van der Waals surface area (Å²) >= 11 is 0. The molecule has 4 bridgehead atoms. The maximum absolute atomic E-state index is 13.4. The van der Waals surface area contributed by atoms with Gasteiger partial charge in [-0.3, -0.25) is 4.79 Å². The van der Waals surface area contributed by atoms with Crippen molar-refractivity contribution in [2.45, 2.75) is 56.7 Å². The number of aliphatic hydroxyl groups excluding tert-OH is 4. The zero-order valence-electron chi connectivity index (χ0n) is 15.5. The monoisotopic (exact) mass is 380 g/mol. The van der Waals surface area contributed by atoms with E-state index in [4.69, 9.17) is 4.74 Å². The Labute approximate surface area is 157 Å². The molecule has 7 heteroatoms. The maximum atomic E-state index is 13.4. The highest BCUT2D eigenvalue weighted by molar-refractivity contribution is 6.05. The second-order valence-corrected chi connectivity index (χ2v) is 9.79. The molecule has 2 aliphatic heterocycles. The van der Waals surface area contributed by atoms with E-state index in [-0.39, 0.29) is 18.8 Å². The third-order valence-corrected chi connectivity index (χ3v) is 9.08. The summed E-state index contributed by atoms with van der Waals surface area (Å²) in [5.74, 6) is -4.36. The van der Waals surface area contributed by atoms with Crippen molar-refractivity contribution in [1.82, 2.24) is 0 Å². The molecule has 0 aromatic carbocycles. The Morgan fingerprint density at radius 3 is 2.56 bits per heavy atom. The maximum Gasteiger partial charge on any atom is 0.208 e. The third-order valence-electron chi connectivity index (χ3n) is 9.08. The molecule has 0 amide bonds. The van der Waals surface area contributed by atoms with Crippen molar-refractivity contribution in [2.24, 2.45) is 34.0 Å². The van der Waals surface area contributed by atoms with Crippen molar-refractivity contribution >= 4 is 5.78 Å². The van der Waals surface area contributed by atoms with Gasteiger partial charge in [0.05, 0.1) is 18.8 Å². The van der Waals surface area contributed by atoms with E-state index in [1.165, 1.54) is 0 Å². The second kappa shape index (κ2) is 5.01. The van der Waals surface area contributed by atoms with E-state index in [0.717, 1.165) is 0 Å². The van der Waals surface area contributed by atoms with Crippen LogP contribution < -0.4 is 0 Å². The average Bonchev–Trinajstić information content (AvgIpc) is 2.76. The van der Waals surface area contributed by atoms with Crippen molar-refractivity contribution in [3.8, 4) is 0 Å². The number of carbonyl (C=O) groups excluding carboxylic acids is 1. The Morgan fingerprint density at radius 1 is 1.19 bits per heavy atom. The molecule has 2 heterocycles. The summed E-state index contributed by atoms with van der Waals surface area (Å²) in [7, 11) is 0. The molecule has 4 aliphatic carbocycles. The number of fused-ring (bicyclic) bond motifs is 2. The molecule has 10 atom stereocenters. The van der Waals surface area contributed by atoms with Crippen LogP contribution in [0.25, 0.3) is 0 Å². The van der Waals surface area contributed by atoms with Crippen LogP contribution in [0.5, 0.6) is 0 Å². The first-order valence-corrected chi connectivity index (χ1v) is 9.88. The SMILES string of the molecule is C=C1C(=O)[C@]23[C@H](O)[C@H]1CC[C@H]2[C@@]12CO[C@@]3(O)[C@@H](O)[C@@H]1[C@](C)(CO)CC[C@H]2O. The molecule has 2 saturated heterocycles. The van der Waals surface area contributed by atoms with E-state index in [9.17, 15) is 30.3 Å². The van der Waals surface area contributed by atoms with Gasteiger partial charge in [-0.2, -0.15) is 0 Å². The number of hydrogen-bond acceptors (Lipinski definition) is 7. The van der Waals surface area contributed by atoms with Gasteiger partial charge in [0.2, 0.25) is 5.79 Å². The largest absolute Gasteiger partial charge is 0.396 e. The van der Waals surface area contributed by atoms with Crippen LogP contribution in [0.1, 0.15) is 32.6 Å². The minimum Gasteiger partial charge on any atom is -0.396 e. The molecule has 0 aromatic heterocycles. The minimum atomic E-state index is -2.26. The zero-order chi connectivity index (χ0) is 19.6. The predicted octanol–water partition coefficient (Wildman–Crippen LogP) is -0.652. The normalized spacial score (nSPS) is 61.7. The molecular weight excluding hydrogens is 352 g/mol. The molecule has 4 saturated carbocycles. The van der Waals surface area contributed by atoms with Gasteiger partial charge >= 0.3 is 0 Å². The molecule has 6 rings (SSSR count). The Morgan fingerprint density at radius 2 is 1.89 bits per heavy atom.